The number of urea groups is 1. The molecule has 0 fully saturated rings. The highest BCUT2D eigenvalue weighted by Crippen LogP contribution is 2.12. The minimum Gasteiger partial charge on any atom is -0.479 e. The monoisotopic (exact) mass is 274 g/mol. The summed E-state index contributed by atoms with van der Waals surface area (Å²) >= 11 is 0. The standard InChI is InChI=1S/C15H18N2O3/c1-2-3-4-8-11-16-15(20)17-13(14(18)19)12-9-6-5-7-10-12/h1,5-7,9-10,13H,3-4,8,11H2,(H,18,19)(H2,16,17,20)/t13-/m0/s1. The molecule has 0 aliphatic rings. The molecule has 0 bridgehead atoms. The second-order valence-electron chi connectivity index (χ2n) is 4.24. The second-order valence-corrected chi connectivity index (χ2v) is 4.24. The molecule has 1 atom stereocenters. The van der Waals surface area contributed by atoms with Gasteiger partial charge in [0.25, 0.3) is 0 Å². The Hall–Kier alpha value is -2.48. The molecule has 0 unspecified atom stereocenters. The topological polar surface area (TPSA) is 78.4 Å². The molecule has 2 amide bonds. The maximum Gasteiger partial charge on any atom is 0.330 e. The molecule has 5 nitrogen and oxygen atoms in total. The largest absolute Gasteiger partial charge is 0.479 e. The molecule has 0 aliphatic carbocycles. The van der Waals surface area contributed by atoms with Crippen molar-refractivity contribution >= 4 is 12.0 Å². The molecule has 5 heteroatoms. The molecule has 1 aromatic rings. The van der Waals surface area contributed by atoms with Gasteiger partial charge in [-0.2, -0.15) is 0 Å². The lowest BCUT2D eigenvalue weighted by molar-refractivity contribution is -0.139. The van der Waals surface area contributed by atoms with Crippen LogP contribution in [-0.2, 0) is 4.79 Å². The highest BCUT2D eigenvalue weighted by Gasteiger charge is 2.21. The maximum absolute atomic E-state index is 11.6. The number of rotatable bonds is 7. The van der Waals surface area contributed by atoms with E-state index in [-0.39, 0.29) is 0 Å². The summed E-state index contributed by atoms with van der Waals surface area (Å²) in [4.78, 5) is 22.8. The van der Waals surface area contributed by atoms with Gasteiger partial charge in [0.15, 0.2) is 6.04 Å². The molecule has 0 radical (unpaired) electrons. The molecule has 20 heavy (non-hydrogen) atoms. The van der Waals surface area contributed by atoms with Gasteiger partial charge in [-0.1, -0.05) is 30.3 Å². The molecule has 0 aliphatic heterocycles. The fourth-order valence-electron chi connectivity index (χ4n) is 1.67. The number of terminal acetylenes is 1. The summed E-state index contributed by atoms with van der Waals surface area (Å²) in [5.41, 5.74) is 0.530. The molecule has 106 valence electrons. The molecule has 1 rings (SSSR count). The first-order chi connectivity index (χ1) is 9.65. The number of unbranched alkanes of at least 4 members (excludes halogenated alkanes) is 2. The number of hydrogen-bond acceptors (Lipinski definition) is 2. The average Bonchev–Trinajstić information content (AvgIpc) is 2.45. The quantitative estimate of drug-likeness (QED) is 0.525. The van der Waals surface area contributed by atoms with Crippen molar-refractivity contribution in [3.05, 3.63) is 35.9 Å². The Labute approximate surface area is 118 Å². The lowest BCUT2D eigenvalue weighted by Gasteiger charge is -2.15. The first kappa shape index (κ1) is 15.6. The van der Waals surface area contributed by atoms with Crippen LogP contribution in [0.1, 0.15) is 30.9 Å². The van der Waals surface area contributed by atoms with E-state index in [9.17, 15) is 9.59 Å². The Morgan fingerprint density at radius 1 is 1.25 bits per heavy atom. The molecular formula is C15H18N2O3. The maximum atomic E-state index is 11.6. The van der Waals surface area contributed by atoms with Crippen molar-refractivity contribution in [3.63, 3.8) is 0 Å². The van der Waals surface area contributed by atoms with Gasteiger partial charge in [-0.25, -0.2) is 9.59 Å². The highest BCUT2D eigenvalue weighted by molar-refractivity contribution is 5.83. The van der Waals surface area contributed by atoms with Crippen LogP contribution in [-0.4, -0.2) is 23.7 Å². The number of nitrogens with one attached hydrogen (secondary N) is 2. The number of aliphatic carboxylic acids is 1. The number of benzene rings is 1. The summed E-state index contributed by atoms with van der Waals surface area (Å²) in [6, 6.07) is 7.00. The molecule has 1 aromatic carbocycles. The number of carbonyl (C=O) groups excluding carboxylic acids is 1. The summed E-state index contributed by atoms with van der Waals surface area (Å²) in [5, 5.41) is 14.2. The van der Waals surface area contributed by atoms with Crippen LogP contribution in [0.5, 0.6) is 0 Å². The fourth-order valence-corrected chi connectivity index (χ4v) is 1.67. The van der Waals surface area contributed by atoms with E-state index >= 15 is 0 Å². The number of carboxylic acids is 1. The van der Waals surface area contributed by atoms with Crippen LogP contribution >= 0.6 is 0 Å². The third-order valence-electron chi connectivity index (χ3n) is 2.69. The van der Waals surface area contributed by atoms with Gasteiger partial charge >= 0.3 is 12.0 Å². The zero-order valence-electron chi connectivity index (χ0n) is 11.1. The van der Waals surface area contributed by atoms with Crippen LogP contribution < -0.4 is 10.6 Å². The SMILES string of the molecule is C#CCCCCNC(=O)N[C@H](C(=O)O)c1ccccc1. The zero-order valence-corrected chi connectivity index (χ0v) is 11.1. The summed E-state index contributed by atoms with van der Waals surface area (Å²) in [6.07, 6.45) is 7.39. The molecular weight excluding hydrogens is 256 g/mol. The number of hydrogen-bond donors (Lipinski definition) is 3. The van der Waals surface area contributed by atoms with Crippen molar-refractivity contribution in [1.29, 1.82) is 0 Å². The summed E-state index contributed by atoms with van der Waals surface area (Å²) < 4.78 is 0. The van der Waals surface area contributed by atoms with E-state index in [0.29, 0.717) is 18.5 Å². The van der Waals surface area contributed by atoms with E-state index in [1.165, 1.54) is 0 Å². The van der Waals surface area contributed by atoms with E-state index < -0.39 is 18.0 Å². The molecule has 3 N–H and O–H groups in total. The highest BCUT2D eigenvalue weighted by atomic mass is 16.4. The lowest BCUT2D eigenvalue weighted by Crippen LogP contribution is -2.41. The van der Waals surface area contributed by atoms with E-state index in [4.69, 9.17) is 11.5 Å². The fraction of sp³-hybridized carbons (Fsp3) is 0.333. The first-order valence-electron chi connectivity index (χ1n) is 6.40. The summed E-state index contributed by atoms with van der Waals surface area (Å²) in [6.45, 7) is 0.467. The van der Waals surface area contributed by atoms with Gasteiger partial charge in [0, 0.05) is 13.0 Å². The molecule has 0 spiro atoms. The van der Waals surface area contributed by atoms with Crippen LogP contribution in [0, 0.1) is 12.3 Å². The summed E-state index contributed by atoms with van der Waals surface area (Å²) in [7, 11) is 0. The molecule has 0 saturated heterocycles. The van der Waals surface area contributed by atoms with Crippen molar-refractivity contribution in [3.8, 4) is 12.3 Å². The molecule has 0 saturated carbocycles. The van der Waals surface area contributed by atoms with E-state index in [2.05, 4.69) is 16.6 Å². The van der Waals surface area contributed by atoms with Crippen molar-refractivity contribution in [2.75, 3.05) is 6.54 Å². The number of carbonyl (C=O) groups is 2. The molecule has 0 heterocycles. The predicted molar refractivity (Wildman–Crippen MR) is 76.0 cm³/mol. The van der Waals surface area contributed by atoms with E-state index in [0.717, 1.165) is 12.8 Å². The van der Waals surface area contributed by atoms with Crippen molar-refractivity contribution in [2.24, 2.45) is 0 Å². The number of amides is 2. The second kappa shape index (κ2) is 8.59. The van der Waals surface area contributed by atoms with Crippen molar-refractivity contribution in [2.45, 2.75) is 25.3 Å². The van der Waals surface area contributed by atoms with Crippen LogP contribution in [0.3, 0.4) is 0 Å². The first-order valence-corrected chi connectivity index (χ1v) is 6.40. The normalized spacial score (nSPS) is 11.2. The average molecular weight is 274 g/mol. The third-order valence-corrected chi connectivity index (χ3v) is 2.69. The predicted octanol–water partition coefficient (Wildman–Crippen LogP) is 1.92. The van der Waals surface area contributed by atoms with Crippen LogP contribution in [0.4, 0.5) is 4.79 Å². The van der Waals surface area contributed by atoms with Crippen LogP contribution in [0.25, 0.3) is 0 Å². The Kier molecular flexibility index (Phi) is 6.69. The number of carboxylic acid groups (broad SMARTS) is 1. The third kappa shape index (κ3) is 5.44. The van der Waals surface area contributed by atoms with Gasteiger partial charge in [-0.15, -0.1) is 12.3 Å². The van der Waals surface area contributed by atoms with Gasteiger partial charge in [-0.3, -0.25) is 0 Å². The summed E-state index contributed by atoms with van der Waals surface area (Å²) in [5.74, 6) is 1.42. The van der Waals surface area contributed by atoms with Gasteiger partial charge in [0.2, 0.25) is 0 Å². The minimum atomic E-state index is -1.10. The Morgan fingerprint density at radius 2 is 1.95 bits per heavy atom. The van der Waals surface area contributed by atoms with Crippen LogP contribution in [0.15, 0.2) is 30.3 Å². The Balaban J connectivity index is 2.45. The van der Waals surface area contributed by atoms with Gasteiger partial charge in [0.1, 0.15) is 0 Å². The van der Waals surface area contributed by atoms with Gasteiger partial charge in [0.05, 0.1) is 0 Å². The molecule has 0 aromatic heterocycles. The van der Waals surface area contributed by atoms with Crippen molar-refractivity contribution in [1.82, 2.24) is 10.6 Å². The van der Waals surface area contributed by atoms with E-state index in [1.807, 2.05) is 0 Å². The van der Waals surface area contributed by atoms with Crippen LogP contribution in [0.2, 0.25) is 0 Å². The lowest BCUT2D eigenvalue weighted by atomic mass is 10.1. The smallest absolute Gasteiger partial charge is 0.330 e. The van der Waals surface area contributed by atoms with E-state index in [1.54, 1.807) is 30.3 Å². The van der Waals surface area contributed by atoms with Crippen molar-refractivity contribution < 1.29 is 14.7 Å². The Bertz CT molecular complexity index is 480. The van der Waals surface area contributed by atoms with Gasteiger partial charge < -0.3 is 15.7 Å². The zero-order chi connectivity index (χ0) is 14.8. The minimum absolute atomic E-state index is 0.467. The Morgan fingerprint density at radius 3 is 2.55 bits per heavy atom. The van der Waals surface area contributed by atoms with Gasteiger partial charge in [-0.05, 0) is 18.4 Å².